The molecule has 0 radical (unpaired) electrons. The Balaban J connectivity index is 1.94. The number of amides is 2. The van der Waals surface area contributed by atoms with Crippen LogP contribution in [0.25, 0.3) is 0 Å². The fraction of sp³-hybridized carbons (Fsp3) is 0.500. The number of furan rings is 1. The first-order chi connectivity index (χ1) is 11.7. The fourth-order valence-electron chi connectivity index (χ4n) is 1.88. The number of aromatic nitrogens is 2. The van der Waals surface area contributed by atoms with Gasteiger partial charge in [-0.05, 0) is 40.7 Å². The largest absolute Gasteiger partial charge is 0.472 e. The second-order valence-corrected chi connectivity index (χ2v) is 6.57. The molecule has 25 heavy (non-hydrogen) atoms. The van der Waals surface area contributed by atoms with Gasteiger partial charge in [-0.2, -0.15) is 4.98 Å². The predicted octanol–water partition coefficient (Wildman–Crippen LogP) is 2.74. The van der Waals surface area contributed by atoms with Crippen molar-refractivity contribution in [2.75, 3.05) is 0 Å². The Morgan fingerprint density at radius 3 is 2.52 bits per heavy atom. The lowest BCUT2D eigenvalue weighted by Crippen LogP contribution is -2.34. The summed E-state index contributed by atoms with van der Waals surface area (Å²) in [5.41, 5.74) is -0.204. The SMILES string of the molecule is C[C@H](NC(=O)OC(C)(C)C)c1noc([C@@H](C)NC(=O)c2ccoc2)n1. The third-order valence-corrected chi connectivity index (χ3v) is 3.08. The van der Waals surface area contributed by atoms with Crippen molar-refractivity contribution in [3.05, 3.63) is 35.9 Å². The molecule has 0 saturated heterocycles. The number of nitrogens with zero attached hydrogens (tertiary/aromatic N) is 2. The summed E-state index contributed by atoms with van der Waals surface area (Å²) in [6, 6.07) is 0.537. The molecule has 2 aromatic heterocycles. The molecule has 0 unspecified atom stereocenters. The van der Waals surface area contributed by atoms with Gasteiger partial charge >= 0.3 is 6.09 Å². The summed E-state index contributed by atoms with van der Waals surface area (Å²) in [4.78, 5) is 28.0. The van der Waals surface area contributed by atoms with Crippen LogP contribution in [-0.2, 0) is 4.74 Å². The van der Waals surface area contributed by atoms with E-state index in [1.165, 1.54) is 12.5 Å². The van der Waals surface area contributed by atoms with E-state index in [0.29, 0.717) is 5.56 Å². The molecule has 2 N–H and O–H groups in total. The zero-order chi connectivity index (χ0) is 18.6. The number of hydrogen-bond donors (Lipinski definition) is 2. The molecule has 0 aliphatic heterocycles. The Kier molecular flexibility index (Phi) is 5.45. The van der Waals surface area contributed by atoms with Crippen molar-refractivity contribution in [3.8, 4) is 0 Å². The number of hydrogen-bond acceptors (Lipinski definition) is 7. The third-order valence-electron chi connectivity index (χ3n) is 3.08. The molecule has 2 amide bonds. The molecule has 0 saturated carbocycles. The van der Waals surface area contributed by atoms with E-state index in [1.807, 2.05) is 0 Å². The summed E-state index contributed by atoms with van der Waals surface area (Å²) in [6.45, 7) is 8.73. The molecule has 9 nitrogen and oxygen atoms in total. The lowest BCUT2D eigenvalue weighted by atomic mass is 10.2. The lowest BCUT2D eigenvalue weighted by Gasteiger charge is -2.20. The highest BCUT2D eigenvalue weighted by Gasteiger charge is 2.23. The molecule has 0 aromatic carbocycles. The Bertz CT molecular complexity index is 717. The summed E-state index contributed by atoms with van der Waals surface area (Å²) in [6.07, 6.45) is 2.18. The van der Waals surface area contributed by atoms with Crippen molar-refractivity contribution in [1.82, 2.24) is 20.8 Å². The predicted molar refractivity (Wildman–Crippen MR) is 86.7 cm³/mol. The highest BCUT2D eigenvalue weighted by atomic mass is 16.6. The van der Waals surface area contributed by atoms with E-state index in [-0.39, 0.29) is 17.6 Å². The van der Waals surface area contributed by atoms with Crippen LogP contribution < -0.4 is 10.6 Å². The standard InChI is InChI=1S/C16H22N4O5/c1-9(18-15(22)24-16(3,4)5)12-19-14(25-20-12)10(2)17-13(21)11-6-7-23-8-11/h6-10H,1-5H3,(H,17,21)(H,18,22)/t9-,10+/m0/s1. The Labute approximate surface area is 145 Å². The van der Waals surface area contributed by atoms with Gasteiger partial charge in [0.1, 0.15) is 17.9 Å². The van der Waals surface area contributed by atoms with Crippen LogP contribution in [-0.4, -0.2) is 27.7 Å². The number of nitrogens with one attached hydrogen (secondary N) is 2. The van der Waals surface area contributed by atoms with Crippen LogP contribution in [0, 0.1) is 0 Å². The number of carbonyl (C=O) groups is 2. The second-order valence-electron chi connectivity index (χ2n) is 6.57. The van der Waals surface area contributed by atoms with E-state index in [4.69, 9.17) is 13.7 Å². The van der Waals surface area contributed by atoms with Crippen molar-refractivity contribution < 1.29 is 23.3 Å². The summed E-state index contributed by atoms with van der Waals surface area (Å²) < 4.78 is 15.2. The van der Waals surface area contributed by atoms with Crippen LogP contribution >= 0.6 is 0 Å². The Hall–Kier alpha value is -2.84. The maximum Gasteiger partial charge on any atom is 0.408 e. The number of rotatable bonds is 5. The topological polar surface area (TPSA) is 119 Å². The van der Waals surface area contributed by atoms with Gasteiger partial charge in [-0.15, -0.1) is 0 Å². The normalized spacial score (nSPS) is 13.8. The van der Waals surface area contributed by atoms with Crippen molar-refractivity contribution >= 4 is 12.0 Å². The molecular formula is C16H22N4O5. The molecule has 0 aliphatic carbocycles. The zero-order valence-electron chi connectivity index (χ0n) is 14.8. The molecular weight excluding hydrogens is 328 g/mol. The van der Waals surface area contributed by atoms with E-state index >= 15 is 0 Å². The smallest absolute Gasteiger partial charge is 0.408 e. The van der Waals surface area contributed by atoms with Gasteiger partial charge in [0.25, 0.3) is 5.91 Å². The second kappa shape index (κ2) is 7.37. The Morgan fingerprint density at radius 2 is 1.92 bits per heavy atom. The molecule has 2 aromatic rings. The summed E-state index contributed by atoms with van der Waals surface area (Å²) >= 11 is 0. The molecule has 0 spiro atoms. The molecule has 0 fully saturated rings. The Morgan fingerprint density at radius 1 is 1.20 bits per heavy atom. The molecule has 2 heterocycles. The lowest BCUT2D eigenvalue weighted by molar-refractivity contribution is 0.0505. The van der Waals surface area contributed by atoms with E-state index in [0.717, 1.165) is 0 Å². The third kappa shape index (κ3) is 5.33. The minimum Gasteiger partial charge on any atom is -0.472 e. The minimum absolute atomic E-state index is 0.227. The van der Waals surface area contributed by atoms with Gasteiger partial charge in [0, 0.05) is 0 Å². The molecule has 2 atom stereocenters. The average Bonchev–Trinajstić information content (AvgIpc) is 3.17. The van der Waals surface area contributed by atoms with Crippen LogP contribution in [0.3, 0.4) is 0 Å². The molecule has 136 valence electrons. The highest BCUT2D eigenvalue weighted by Crippen LogP contribution is 2.16. The van der Waals surface area contributed by atoms with Crippen molar-refractivity contribution in [3.63, 3.8) is 0 Å². The first kappa shape index (κ1) is 18.5. The first-order valence-electron chi connectivity index (χ1n) is 7.82. The van der Waals surface area contributed by atoms with Gasteiger partial charge in [-0.25, -0.2) is 4.79 Å². The average molecular weight is 350 g/mol. The van der Waals surface area contributed by atoms with Gasteiger partial charge in [0.05, 0.1) is 17.9 Å². The van der Waals surface area contributed by atoms with Gasteiger partial charge in [-0.1, -0.05) is 5.16 Å². The summed E-state index contributed by atoms with van der Waals surface area (Å²) in [5, 5.41) is 9.17. The van der Waals surface area contributed by atoms with E-state index in [9.17, 15) is 9.59 Å². The molecule has 9 heteroatoms. The van der Waals surface area contributed by atoms with E-state index < -0.39 is 23.8 Å². The zero-order valence-corrected chi connectivity index (χ0v) is 14.8. The monoisotopic (exact) mass is 350 g/mol. The number of carbonyl (C=O) groups excluding carboxylic acids is 2. The number of ether oxygens (including phenoxy) is 1. The highest BCUT2D eigenvalue weighted by molar-refractivity contribution is 5.93. The van der Waals surface area contributed by atoms with Crippen LogP contribution in [0.4, 0.5) is 4.79 Å². The van der Waals surface area contributed by atoms with E-state index in [2.05, 4.69) is 20.8 Å². The molecule has 0 bridgehead atoms. The quantitative estimate of drug-likeness (QED) is 0.850. The molecule has 2 rings (SSSR count). The van der Waals surface area contributed by atoms with Crippen molar-refractivity contribution in [2.45, 2.75) is 52.3 Å². The maximum atomic E-state index is 12.0. The van der Waals surface area contributed by atoms with Crippen molar-refractivity contribution in [1.29, 1.82) is 0 Å². The van der Waals surface area contributed by atoms with Crippen molar-refractivity contribution in [2.24, 2.45) is 0 Å². The summed E-state index contributed by atoms with van der Waals surface area (Å²) in [7, 11) is 0. The minimum atomic E-state index is -0.599. The van der Waals surface area contributed by atoms with Gasteiger partial charge in [-0.3, -0.25) is 4.79 Å². The van der Waals surface area contributed by atoms with Crippen LogP contribution in [0.15, 0.2) is 27.5 Å². The first-order valence-corrected chi connectivity index (χ1v) is 7.82. The summed E-state index contributed by atoms with van der Waals surface area (Å²) in [5.74, 6) is 0.191. The number of alkyl carbamates (subject to hydrolysis) is 1. The van der Waals surface area contributed by atoms with Gasteiger partial charge in [0.2, 0.25) is 5.89 Å². The fourth-order valence-corrected chi connectivity index (χ4v) is 1.88. The van der Waals surface area contributed by atoms with Gasteiger partial charge < -0.3 is 24.3 Å². The maximum absolute atomic E-state index is 12.0. The van der Waals surface area contributed by atoms with Crippen LogP contribution in [0.2, 0.25) is 0 Å². The van der Waals surface area contributed by atoms with Crippen LogP contribution in [0.1, 0.15) is 68.8 Å². The van der Waals surface area contributed by atoms with E-state index in [1.54, 1.807) is 40.7 Å². The van der Waals surface area contributed by atoms with Gasteiger partial charge in [0.15, 0.2) is 5.82 Å². The molecule has 0 aliphatic rings. The van der Waals surface area contributed by atoms with Crippen LogP contribution in [0.5, 0.6) is 0 Å².